The number of thiophene rings is 1. The topological polar surface area (TPSA) is 82.5 Å². The van der Waals surface area contributed by atoms with Crippen LogP contribution in [0.15, 0.2) is 71.0 Å². The Morgan fingerprint density at radius 1 is 1.17 bits per heavy atom. The number of carbonyl (C=O) groups is 1. The summed E-state index contributed by atoms with van der Waals surface area (Å²) in [5.41, 5.74) is 8.44. The summed E-state index contributed by atoms with van der Waals surface area (Å²) in [6.45, 7) is 1.90. The molecular formula is C23H20N4OS. The number of benzene rings is 2. The van der Waals surface area contributed by atoms with Crippen molar-refractivity contribution in [3.05, 3.63) is 82.7 Å². The smallest absolute Gasteiger partial charge is 0.239 e. The summed E-state index contributed by atoms with van der Waals surface area (Å²) in [6.07, 6.45) is 0. The van der Waals surface area contributed by atoms with Gasteiger partial charge < -0.3 is 5.73 Å². The van der Waals surface area contributed by atoms with E-state index in [9.17, 15) is 10.1 Å². The molecule has 2 atom stereocenters. The second kappa shape index (κ2) is 7.19. The normalized spacial score (nSPS) is 21.6. The lowest BCUT2D eigenvalue weighted by molar-refractivity contribution is -0.130. The minimum atomic E-state index is -0.912. The molecule has 1 aliphatic heterocycles. The molecule has 5 nitrogen and oxygen atoms in total. The van der Waals surface area contributed by atoms with E-state index < -0.39 is 11.5 Å². The van der Waals surface area contributed by atoms with Gasteiger partial charge in [0.1, 0.15) is 5.54 Å². The molecule has 1 aliphatic rings. The predicted octanol–water partition coefficient (Wildman–Crippen LogP) is 4.07. The summed E-state index contributed by atoms with van der Waals surface area (Å²) >= 11 is 1.68. The lowest BCUT2D eigenvalue weighted by Gasteiger charge is -2.41. The van der Waals surface area contributed by atoms with Crippen molar-refractivity contribution in [2.75, 3.05) is 7.05 Å². The number of guanidine groups is 1. The number of nitrogens with two attached hydrogens (primary N) is 1. The van der Waals surface area contributed by atoms with Crippen LogP contribution in [-0.2, 0) is 10.3 Å². The summed E-state index contributed by atoms with van der Waals surface area (Å²) in [6, 6.07) is 21.5. The predicted molar refractivity (Wildman–Crippen MR) is 115 cm³/mol. The Morgan fingerprint density at radius 2 is 1.93 bits per heavy atom. The van der Waals surface area contributed by atoms with Gasteiger partial charge in [0, 0.05) is 11.9 Å². The number of likely N-dealkylation sites (N-methyl/N-ethyl adjacent to an activating group) is 1. The SMILES string of the molecule is CN1C(=O)[C@@H](c2ccc(-c3cccs3)cc2)[C@@](C)(c2cccc(C#N)c2)N=C1N. The highest BCUT2D eigenvalue weighted by Gasteiger charge is 2.47. The Balaban J connectivity index is 1.84. The highest BCUT2D eigenvalue weighted by atomic mass is 32.1. The van der Waals surface area contributed by atoms with Crippen molar-refractivity contribution in [3.8, 4) is 16.5 Å². The molecule has 0 fully saturated rings. The van der Waals surface area contributed by atoms with Gasteiger partial charge in [-0.2, -0.15) is 5.26 Å². The molecule has 6 heteroatoms. The number of hydrogen-bond donors (Lipinski definition) is 1. The van der Waals surface area contributed by atoms with Crippen LogP contribution in [0.4, 0.5) is 0 Å². The summed E-state index contributed by atoms with van der Waals surface area (Å²) in [5.74, 6) is -0.497. The Morgan fingerprint density at radius 3 is 2.59 bits per heavy atom. The van der Waals surface area contributed by atoms with Crippen LogP contribution in [0.2, 0.25) is 0 Å². The minimum absolute atomic E-state index is 0.119. The first-order valence-corrected chi connectivity index (χ1v) is 10.1. The fraction of sp³-hybridized carbons (Fsp3) is 0.174. The van der Waals surface area contributed by atoms with Crippen molar-refractivity contribution in [2.45, 2.75) is 18.4 Å². The van der Waals surface area contributed by atoms with E-state index >= 15 is 0 Å². The maximum atomic E-state index is 13.3. The molecule has 1 aromatic heterocycles. The van der Waals surface area contributed by atoms with E-state index in [-0.39, 0.29) is 11.9 Å². The first kappa shape index (κ1) is 18.9. The van der Waals surface area contributed by atoms with Gasteiger partial charge in [-0.3, -0.25) is 9.69 Å². The Bertz CT molecular complexity index is 1130. The maximum absolute atomic E-state index is 13.3. The molecule has 2 N–H and O–H groups in total. The molecule has 2 heterocycles. The van der Waals surface area contributed by atoms with E-state index in [0.29, 0.717) is 5.56 Å². The highest BCUT2D eigenvalue weighted by Crippen LogP contribution is 2.44. The summed E-state index contributed by atoms with van der Waals surface area (Å²) in [5, 5.41) is 11.4. The van der Waals surface area contributed by atoms with E-state index in [1.165, 1.54) is 9.78 Å². The molecule has 3 aromatic rings. The fourth-order valence-electron chi connectivity index (χ4n) is 3.81. The Hall–Kier alpha value is -3.43. The van der Waals surface area contributed by atoms with Gasteiger partial charge >= 0.3 is 0 Å². The van der Waals surface area contributed by atoms with Crippen LogP contribution in [-0.4, -0.2) is 23.8 Å². The number of amides is 1. The molecule has 0 radical (unpaired) electrons. The van der Waals surface area contributed by atoms with Gasteiger partial charge in [0.15, 0.2) is 5.96 Å². The van der Waals surface area contributed by atoms with Crippen molar-refractivity contribution >= 4 is 23.2 Å². The van der Waals surface area contributed by atoms with Gasteiger partial charge in [-0.1, -0.05) is 42.5 Å². The molecule has 29 heavy (non-hydrogen) atoms. The molecular weight excluding hydrogens is 380 g/mol. The Labute approximate surface area is 173 Å². The Kier molecular flexibility index (Phi) is 4.69. The minimum Gasteiger partial charge on any atom is -0.369 e. The molecule has 144 valence electrons. The molecule has 1 amide bonds. The van der Waals surface area contributed by atoms with Gasteiger partial charge in [-0.15, -0.1) is 11.3 Å². The molecule has 0 bridgehead atoms. The number of rotatable bonds is 3. The summed E-state index contributed by atoms with van der Waals surface area (Å²) < 4.78 is 0. The standard InChI is InChI=1S/C23H20N4OS/c1-23(18-6-3-5-15(13-18)14-24)20(21(28)27(2)22(25)26-23)17-10-8-16(9-11-17)19-7-4-12-29-19/h3-13,20H,1-2H3,(H2,25,26)/t20-,23-/m1/s1. The van der Waals surface area contributed by atoms with Crippen LogP contribution in [0, 0.1) is 11.3 Å². The third-order valence-electron chi connectivity index (χ3n) is 5.46. The monoisotopic (exact) mass is 400 g/mol. The van der Waals surface area contributed by atoms with Gasteiger partial charge in [0.2, 0.25) is 5.91 Å². The second-order valence-electron chi connectivity index (χ2n) is 7.24. The van der Waals surface area contributed by atoms with Crippen LogP contribution in [0.25, 0.3) is 10.4 Å². The maximum Gasteiger partial charge on any atom is 0.239 e. The first-order chi connectivity index (χ1) is 13.9. The number of hydrogen-bond acceptors (Lipinski definition) is 5. The van der Waals surface area contributed by atoms with Gasteiger partial charge in [-0.25, -0.2) is 4.99 Å². The zero-order chi connectivity index (χ0) is 20.6. The molecule has 0 saturated heterocycles. The summed E-state index contributed by atoms with van der Waals surface area (Å²) in [4.78, 5) is 20.6. The quantitative estimate of drug-likeness (QED) is 0.719. The van der Waals surface area contributed by atoms with E-state index in [1.54, 1.807) is 30.5 Å². The average molecular weight is 401 g/mol. The summed E-state index contributed by atoms with van der Waals surface area (Å²) in [7, 11) is 1.64. The van der Waals surface area contributed by atoms with Crippen LogP contribution < -0.4 is 5.73 Å². The molecule has 0 spiro atoms. The molecule has 0 unspecified atom stereocenters. The first-order valence-electron chi connectivity index (χ1n) is 9.21. The van der Waals surface area contributed by atoms with Gasteiger partial charge in [0.05, 0.1) is 17.6 Å². The molecule has 0 aliphatic carbocycles. The van der Waals surface area contributed by atoms with Crippen molar-refractivity contribution in [2.24, 2.45) is 10.7 Å². The lowest BCUT2D eigenvalue weighted by Crippen LogP contribution is -2.52. The highest BCUT2D eigenvalue weighted by molar-refractivity contribution is 7.13. The largest absolute Gasteiger partial charge is 0.369 e. The third kappa shape index (κ3) is 3.20. The van der Waals surface area contributed by atoms with Crippen molar-refractivity contribution < 1.29 is 4.79 Å². The van der Waals surface area contributed by atoms with E-state index in [4.69, 9.17) is 10.7 Å². The number of nitrogens with zero attached hydrogens (tertiary/aromatic N) is 3. The van der Waals surface area contributed by atoms with Crippen LogP contribution in [0.5, 0.6) is 0 Å². The van der Waals surface area contributed by atoms with Crippen molar-refractivity contribution in [1.82, 2.24) is 4.90 Å². The number of carbonyl (C=O) groups excluding carboxylic acids is 1. The molecule has 2 aromatic carbocycles. The van der Waals surface area contributed by atoms with Crippen LogP contribution in [0.1, 0.15) is 29.5 Å². The van der Waals surface area contributed by atoms with Crippen LogP contribution in [0.3, 0.4) is 0 Å². The van der Waals surface area contributed by atoms with E-state index in [2.05, 4.69) is 12.1 Å². The van der Waals surface area contributed by atoms with Crippen molar-refractivity contribution in [3.63, 3.8) is 0 Å². The average Bonchev–Trinajstić information content (AvgIpc) is 3.28. The zero-order valence-corrected chi connectivity index (χ0v) is 17.0. The lowest BCUT2D eigenvalue weighted by atomic mass is 9.74. The fourth-order valence-corrected chi connectivity index (χ4v) is 4.54. The van der Waals surface area contributed by atoms with Crippen molar-refractivity contribution in [1.29, 1.82) is 5.26 Å². The molecule has 4 rings (SSSR count). The third-order valence-corrected chi connectivity index (χ3v) is 6.37. The van der Waals surface area contributed by atoms with E-state index in [0.717, 1.165) is 16.7 Å². The van der Waals surface area contributed by atoms with Gasteiger partial charge in [0.25, 0.3) is 0 Å². The number of nitriles is 1. The van der Waals surface area contributed by atoms with E-state index in [1.807, 2.05) is 54.8 Å². The number of aliphatic imine (C=N–C) groups is 1. The van der Waals surface area contributed by atoms with Crippen LogP contribution >= 0.6 is 11.3 Å². The zero-order valence-electron chi connectivity index (χ0n) is 16.2. The second-order valence-corrected chi connectivity index (χ2v) is 8.19. The van der Waals surface area contributed by atoms with Gasteiger partial charge in [-0.05, 0) is 47.2 Å². The molecule has 0 saturated carbocycles.